The minimum absolute atomic E-state index is 0.455. The van der Waals surface area contributed by atoms with Gasteiger partial charge in [0.25, 0.3) is 0 Å². The number of furan rings is 1. The van der Waals surface area contributed by atoms with Crippen molar-refractivity contribution < 1.29 is 4.42 Å². The van der Waals surface area contributed by atoms with Gasteiger partial charge < -0.3 is 4.42 Å². The number of hydrogen-bond donors (Lipinski definition) is 0. The van der Waals surface area contributed by atoms with E-state index in [-0.39, 0.29) is 0 Å². The molecule has 0 unspecified atom stereocenters. The van der Waals surface area contributed by atoms with E-state index in [9.17, 15) is 0 Å². The van der Waals surface area contributed by atoms with Crippen LogP contribution in [0, 0.1) is 0 Å². The van der Waals surface area contributed by atoms with Gasteiger partial charge in [-0.25, -0.2) is 9.97 Å². The van der Waals surface area contributed by atoms with Crippen LogP contribution in [0.15, 0.2) is 235 Å². The SMILES string of the molecule is c1ccc(-c2nc(-c3cccc(-c4cccc5oc6ccccc6c45)c3)cc(-c3ccccc3-c3ccc4c(c3)-c3ccccc3C4(c3ccccc3)c3ccccc3)n2)cc1. The van der Waals surface area contributed by atoms with E-state index in [1.54, 1.807) is 0 Å². The lowest BCUT2D eigenvalue weighted by atomic mass is 9.67. The first-order valence-electron chi connectivity index (χ1n) is 21.1. The number of fused-ring (bicyclic) bond motifs is 6. The van der Waals surface area contributed by atoms with Crippen molar-refractivity contribution in [3.63, 3.8) is 0 Å². The quantitative estimate of drug-likeness (QED) is 0.161. The molecule has 0 saturated carbocycles. The molecule has 2 heterocycles. The Labute approximate surface area is 360 Å². The number of aromatic nitrogens is 2. The Morgan fingerprint density at radius 1 is 0.323 bits per heavy atom. The molecule has 9 aromatic carbocycles. The molecule has 0 N–H and O–H groups in total. The van der Waals surface area contributed by atoms with E-state index in [2.05, 4.69) is 194 Å². The minimum atomic E-state index is -0.455. The lowest BCUT2D eigenvalue weighted by Crippen LogP contribution is -2.28. The second-order valence-electron chi connectivity index (χ2n) is 16.0. The van der Waals surface area contributed by atoms with Crippen LogP contribution >= 0.6 is 0 Å². The predicted molar refractivity (Wildman–Crippen MR) is 254 cm³/mol. The molecular weight excluding hydrogens is 753 g/mol. The molecule has 1 aliphatic rings. The highest BCUT2D eigenvalue weighted by Gasteiger charge is 2.46. The molecule has 11 aromatic rings. The predicted octanol–water partition coefficient (Wildman–Crippen LogP) is 15.1. The van der Waals surface area contributed by atoms with E-state index < -0.39 is 5.41 Å². The Morgan fingerprint density at radius 3 is 1.66 bits per heavy atom. The van der Waals surface area contributed by atoms with Crippen LogP contribution in [0.3, 0.4) is 0 Å². The fourth-order valence-electron chi connectivity index (χ4n) is 9.89. The van der Waals surface area contributed by atoms with Crippen LogP contribution in [-0.4, -0.2) is 9.97 Å². The average Bonchev–Trinajstić information content (AvgIpc) is 3.89. The molecule has 3 nitrogen and oxygen atoms in total. The second-order valence-corrected chi connectivity index (χ2v) is 16.0. The maximum Gasteiger partial charge on any atom is 0.160 e. The molecule has 0 atom stereocenters. The van der Waals surface area contributed by atoms with Crippen molar-refractivity contribution in [3.05, 3.63) is 253 Å². The summed E-state index contributed by atoms with van der Waals surface area (Å²) in [7, 11) is 0. The monoisotopic (exact) mass is 790 g/mol. The van der Waals surface area contributed by atoms with Crippen LogP contribution in [-0.2, 0) is 5.41 Å². The number of rotatable bonds is 7. The Bertz CT molecular complexity index is 3420. The van der Waals surface area contributed by atoms with Gasteiger partial charge in [0.05, 0.1) is 16.8 Å². The molecule has 0 aliphatic heterocycles. The van der Waals surface area contributed by atoms with E-state index in [0.29, 0.717) is 5.82 Å². The van der Waals surface area contributed by atoms with Crippen LogP contribution in [0.2, 0.25) is 0 Å². The fraction of sp³-hybridized carbons (Fsp3) is 0.0169. The lowest BCUT2D eigenvalue weighted by Gasteiger charge is -2.33. The first kappa shape index (κ1) is 35.8. The Balaban J connectivity index is 1.03. The zero-order chi connectivity index (χ0) is 41.0. The minimum Gasteiger partial charge on any atom is -0.456 e. The molecule has 3 heteroatoms. The van der Waals surface area contributed by atoms with Crippen LogP contribution in [0.5, 0.6) is 0 Å². The fourth-order valence-corrected chi connectivity index (χ4v) is 9.89. The molecule has 2 aromatic heterocycles. The van der Waals surface area contributed by atoms with E-state index in [1.165, 1.54) is 33.4 Å². The molecule has 1 aliphatic carbocycles. The van der Waals surface area contributed by atoms with Crippen LogP contribution < -0.4 is 0 Å². The molecule has 62 heavy (non-hydrogen) atoms. The summed E-state index contributed by atoms with van der Waals surface area (Å²) in [5.41, 5.74) is 18.1. The summed E-state index contributed by atoms with van der Waals surface area (Å²) in [6, 6.07) is 82.2. The van der Waals surface area contributed by atoms with Crippen molar-refractivity contribution in [1.82, 2.24) is 9.97 Å². The molecule has 0 bridgehead atoms. The van der Waals surface area contributed by atoms with Crippen LogP contribution in [0.25, 0.3) is 89.2 Å². The molecule has 290 valence electrons. The molecular formula is C59H38N2O. The Morgan fingerprint density at radius 2 is 0.871 bits per heavy atom. The average molecular weight is 791 g/mol. The van der Waals surface area contributed by atoms with E-state index in [4.69, 9.17) is 14.4 Å². The van der Waals surface area contributed by atoms with Gasteiger partial charge in [-0.05, 0) is 86.0 Å². The third-order valence-corrected chi connectivity index (χ3v) is 12.6. The van der Waals surface area contributed by atoms with Gasteiger partial charge in [-0.15, -0.1) is 0 Å². The summed E-state index contributed by atoms with van der Waals surface area (Å²) in [5, 5.41) is 2.22. The number of benzene rings is 9. The zero-order valence-electron chi connectivity index (χ0n) is 33.7. The largest absolute Gasteiger partial charge is 0.456 e. The van der Waals surface area contributed by atoms with E-state index in [1.807, 2.05) is 36.4 Å². The summed E-state index contributed by atoms with van der Waals surface area (Å²) in [6.45, 7) is 0. The smallest absolute Gasteiger partial charge is 0.160 e. The standard InChI is InChI=1S/C59H38N2O/c1-4-18-39(19-5-1)58-60-53(42-21-16-20-40(36-42)46-30-17-33-56-57(46)49-29-13-15-32-55(49)62-56)38-54(61-58)48-28-11-10-26-45(48)41-34-35-52-50(37-41)47-27-12-14-31-51(47)59(52,43-22-6-2-7-23-43)44-24-8-3-9-25-44/h1-38H. The Kier molecular flexibility index (Phi) is 8.39. The summed E-state index contributed by atoms with van der Waals surface area (Å²) < 4.78 is 6.28. The third-order valence-electron chi connectivity index (χ3n) is 12.6. The maximum absolute atomic E-state index is 6.28. The van der Waals surface area contributed by atoms with Crippen molar-refractivity contribution in [1.29, 1.82) is 0 Å². The van der Waals surface area contributed by atoms with Crippen molar-refractivity contribution in [3.8, 4) is 67.3 Å². The molecule has 12 rings (SSSR count). The molecule has 0 saturated heterocycles. The van der Waals surface area contributed by atoms with E-state index in [0.717, 1.165) is 72.3 Å². The molecule has 0 radical (unpaired) electrons. The number of para-hydroxylation sites is 1. The normalized spacial score (nSPS) is 12.6. The van der Waals surface area contributed by atoms with Crippen LogP contribution in [0.1, 0.15) is 22.3 Å². The van der Waals surface area contributed by atoms with Gasteiger partial charge in [0, 0.05) is 27.5 Å². The second kappa shape index (κ2) is 14.5. The van der Waals surface area contributed by atoms with Gasteiger partial charge in [-0.2, -0.15) is 0 Å². The third kappa shape index (κ3) is 5.67. The highest BCUT2D eigenvalue weighted by molar-refractivity contribution is 6.12. The Hall–Kier alpha value is -8.14. The van der Waals surface area contributed by atoms with Gasteiger partial charge in [0.15, 0.2) is 5.82 Å². The summed E-state index contributed by atoms with van der Waals surface area (Å²) >= 11 is 0. The van der Waals surface area contributed by atoms with Crippen LogP contribution in [0.4, 0.5) is 0 Å². The van der Waals surface area contributed by atoms with Crippen molar-refractivity contribution in [2.24, 2.45) is 0 Å². The highest BCUT2D eigenvalue weighted by atomic mass is 16.3. The first-order valence-corrected chi connectivity index (χ1v) is 21.1. The van der Waals surface area contributed by atoms with Gasteiger partial charge in [0.2, 0.25) is 0 Å². The topological polar surface area (TPSA) is 38.9 Å². The summed E-state index contributed by atoms with van der Waals surface area (Å²) in [4.78, 5) is 10.6. The zero-order valence-corrected chi connectivity index (χ0v) is 33.7. The lowest BCUT2D eigenvalue weighted by molar-refractivity contribution is 0.669. The summed E-state index contributed by atoms with van der Waals surface area (Å²) in [5.74, 6) is 0.680. The number of hydrogen-bond acceptors (Lipinski definition) is 3. The molecule has 0 spiro atoms. The van der Waals surface area contributed by atoms with Gasteiger partial charge >= 0.3 is 0 Å². The molecule has 0 fully saturated rings. The first-order chi connectivity index (χ1) is 30.7. The van der Waals surface area contributed by atoms with Crippen molar-refractivity contribution in [2.45, 2.75) is 5.41 Å². The number of nitrogens with zero attached hydrogens (tertiary/aromatic N) is 2. The molecule has 0 amide bonds. The van der Waals surface area contributed by atoms with E-state index >= 15 is 0 Å². The van der Waals surface area contributed by atoms with Crippen molar-refractivity contribution >= 4 is 21.9 Å². The van der Waals surface area contributed by atoms with Gasteiger partial charge in [-0.1, -0.05) is 200 Å². The van der Waals surface area contributed by atoms with Gasteiger partial charge in [0.1, 0.15) is 11.2 Å². The highest BCUT2D eigenvalue weighted by Crippen LogP contribution is 2.57. The van der Waals surface area contributed by atoms with Gasteiger partial charge in [-0.3, -0.25) is 0 Å². The maximum atomic E-state index is 6.28. The van der Waals surface area contributed by atoms with Crippen molar-refractivity contribution in [2.75, 3.05) is 0 Å². The summed E-state index contributed by atoms with van der Waals surface area (Å²) in [6.07, 6.45) is 0.